The van der Waals surface area contributed by atoms with Crippen molar-refractivity contribution < 1.29 is 33.7 Å². The first-order valence-corrected chi connectivity index (χ1v) is 10.1. The Balaban J connectivity index is 2.21. The topological polar surface area (TPSA) is 102 Å². The number of benzene rings is 2. The van der Waals surface area contributed by atoms with Crippen molar-refractivity contribution in [2.75, 3.05) is 20.8 Å². The Labute approximate surface area is 186 Å². The molecule has 8 heteroatoms. The number of carbonyl (C=O) groups excluding carboxylic acids is 3. The molecule has 1 N–H and O–H groups in total. The van der Waals surface area contributed by atoms with Crippen molar-refractivity contribution in [3.8, 4) is 17.2 Å². The van der Waals surface area contributed by atoms with E-state index in [1.165, 1.54) is 26.0 Å². The second-order valence-corrected chi connectivity index (χ2v) is 7.19. The number of amides is 1. The van der Waals surface area contributed by atoms with Crippen LogP contribution in [0.25, 0.3) is 5.76 Å². The molecule has 2 aromatic rings. The summed E-state index contributed by atoms with van der Waals surface area (Å²) in [6.07, 6.45) is 0.618. The molecule has 1 atom stereocenters. The standard InChI is InChI=1S/C24H25NO7/c1-5-13-25-21(15-9-11-16(12-10-15)32-14(2)26)20(23(28)24(25)29)22(27)19-17(30-3)7-6-8-18(19)31-4/h6-12,21,27H,5,13H2,1-4H3/b22-20+. The Bertz CT molecular complexity index is 1050. The first-order valence-electron chi connectivity index (χ1n) is 10.1. The van der Waals surface area contributed by atoms with E-state index in [2.05, 4.69) is 0 Å². The number of hydrogen-bond acceptors (Lipinski definition) is 7. The molecule has 0 spiro atoms. The van der Waals surface area contributed by atoms with Gasteiger partial charge in [-0.25, -0.2) is 0 Å². The van der Waals surface area contributed by atoms with Gasteiger partial charge in [0.05, 0.1) is 25.8 Å². The zero-order valence-corrected chi connectivity index (χ0v) is 18.4. The van der Waals surface area contributed by atoms with Crippen LogP contribution in [0.4, 0.5) is 0 Å². The number of nitrogens with zero attached hydrogens (tertiary/aromatic N) is 1. The minimum Gasteiger partial charge on any atom is -0.506 e. The molecule has 8 nitrogen and oxygen atoms in total. The van der Waals surface area contributed by atoms with Crippen molar-refractivity contribution in [2.24, 2.45) is 0 Å². The lowest BCUT2D eigenvalue weighted by atomic mass is 9.94. The number of esters is 1. The van der Waals surface area contributed by atoms with Gasteiger partial charge in [-0.05, 0) is 36.2 Å². The van der Waals surface area contributed by atoms with Crippen molar-refractivity contribution >= 4 is 23.4 Å². The first-order chi connectivity index (χ1) is 15.3. The summed E-state index contributed by atoms with van der Waals surface area (Å²) in [7, 11) is 2.87. The third-order valence-corrected chi connectivity index (χ3v) is 5.13. The molecule has 0 aromatic heterocycles. The van der Waals surface area contributed by atoms with Crippen LogP contribution in [-0.2, 0) is 14.4 Å². The highest BCUT2D eigenvalue weighted by Gasteiger charge is 2.46. The number of methoxy groups -OCH3 is 2. The number of Topliss-reactive ketones (excluding diaryl/α,β-unsaturated/α-hetero) is 1. The first kappa shape index (κ1) is 22.9. The normalized spacial score (nSPS) is 17.4. The molecule has 0 aliphatic carbocycles. The third-order valence-electron chi connectivity index (χ3n) is 5.13. The predicted molar refractivity (Wildman–Crippen MR) is 117 cm³/mol. The predicted octanol–water partition coefficient (Wildman–Crippen LogP) is 3.46. The highest BCUT2D eigenvalue weighted by Crippen LogP contribution is 2.43. The van der Waals surface area contributed by atoms with E-state index in [9.17, 15) is 19.5 Å². The highest BCUT2D eigenvalue weighted by atomic mass is 16.5. The van der Waals surface area contributed by atoms with Gasteiger partial charge in [-0.1, -0.05) is 25.1 Å². The van der Waals surface area contributed by atoms with E-state index in [0.717, 1.165) is 0 Å². The molecule has 2 aromatic carbocycles. The van der Waals surface area contributed by atoms with Crippen LogP contribution < -0.4 is 14.2 Å². The van der Waals surface area contributed by atoms with E-state index in [1.807, 2.05) is 6.92 Å². The maximum absolute atomic E-state index is 13.0. The molecule has 3 rings (SSSR count). The monoisotopic (exact) mass is 439 g/mol. The highest BCUT2D eigenvalue weighted by molar-refractivity contribution is 6.46. The van der Waals surface area contributed by atoms with Crippen LogP contribution in [0.5, 0.6) is 17.2 Å². The molecule has 1 aliphatic rings. The Morgan fingerprint density at radius 2 is 1.62 bits per heavy atom. The Kier molecular flexibility index (Phi) is 6.82. The van der Waals surface area contributed by atoms with E-state index in [-0.39, 0.29) is 16.9 Å². The van der Waals surface area contributed by atoms with Gasteiger partial charge in [0.25, 0.3) is 11.7 Å². The van der Waals surface area contributed by atoms with E-state index in [4.69, 9.17) is 14.2 Å². The van der Waals surface area contributed by atoms with E-state index < -0.39 is 23.7 Å². The van der Waals surface area contributed by atoms with Crippen LogP contribution in [0, 0.1) is 0 Å². The maximum atomic E-state index is 13.0. The number of ketones is 1. The third kappa shape index (κ3) is 4.16. The minimum atomic E-state index is -0.823. The number of ether oxygens (including phenoxy) is 3. The van der Waals surface area contributed by atoms with Crippen LogP contribution in [0.1, 0.15) is 37.4 Å². The van der Waals surface area contributed by atoms with Crippen molar-refractivity contribution in [1.82, 2.24) is 4.90 Å². The van der Waals surface area contributed by atoms with Crippen molar-refractivity contribution in [1.29, 1.82) is 0 Å². The van der Waals surface area contributed by atoms with Crippen LogP contribution in [0.15, 0.2) is 48.0 Å². The average Bonchev–Trinajstić information content (AvgIpc) is 3.03. The molecular weight excluding hydrogens is 414 g/mol. The van der Waals surface area contributed by atoms with Crippen molar-refractivity contribution in [2.45, 2.75) is 26.3 Å². The van der Waals surface area contributed by atoms with Gasteiger partial charge in [-0.3, -0.25) is 14.4 Å². The molecule has 1 saturated heterocycles. The zero-order chi connectivity index (χ0) is 23.4. The second-order valence-electron chi connectivity index (χ2n) is 7.19. The lowest BCUT2D eigenvalue weighted by Crippen LogP contribution is -2.30. The smallest absolute Gasteiger partial charge is 0.308 e. The largest absolute Gasteiger partial charge is 0.506 e. The van der Waals surface area contributed by atoms with Gasteiger partial charge in [-0.2, -0.15) is 0 Å². The van der Waals surface area contributed by atoms with Gasteiger partial charge in [0.1, 0.15) is 28.6 Å². The summed E-state index contributed by atoms with van der Waals surface area (Å²) < 4.78 is 15.8. The van der Waals surface area contributed by atoms with Gasteiger partial charge in [0, 0.05) is 13.5 Å². The molecule has 168 valence electrons. The van der Waals surface area contributed by atoms with Gasteiger partial charge in [0.15, 0.2) is 0 Å². The van der Waals surface area contributed by atoms with Crippen LogP contribution in [0.2, 0.25) is 0 Å². The molecule has 1 amide bonds. The van der Waals surface area contributed by atoms with Crippen LogP contribution in [-0.4, -0.2) is 48.4 Å². The Hall–Kier alpha value is -3.81. The van der Waals surface area contributed by atoms with E-state index >= 15 is 0 Å². The van der Waals surface area contributed by atoms with Gasteiger partial charge in [-0.15, -0.1) is 0 Å². The van der Waals surface area contributed by atoms with Crippen molar-refractivity contribution in [3.63, 3.8) is 0 Å². The van der Waals surface area contributed by atoms with Crippen molar-refractivity contribution in [3.05, 3.63) is 59.2 Å². The molecule has 1 aliphatic heterocycles. The SMILES string of the molecule is CCCN1C(=O)C(=O)/C(=C(/O)c2c(OC)cccc2OC)C1c1ccc(OC(C)=O)cc1. The molecule has 1 heterocycles. The number of likely N-dealkylation sites (tertiary alicyclic amines) is 1. The minimum absolute atomic E-state index is 0.0634. The number of hydrogen-bond donors (Lipinski definition) is 1. The summed E-state index contributed by atoms with van der Waals surface area (Å²) in [6, 6.07) is 10.6. The summed E-state index contributed by atoms with van der Waals surface area (Å²) in [4.78, 5) is 38.5. The number of aliphatic hydroxyl groups excluding tert-OH is 1. The molecule has 1 unspecified atom stereocenters. The van der Waals surface area contributed by atoms with Gasteiger partial charge < -0.3 is 24.2 Å². The van der Waals surface area contributed by atoms with E-state index in [1.54, 1.807) is 42.5 Å². The zero-order valence-electron chi connectivity index (χ0n) is 18.4. The molecule has 0 radical (unpaired) electrons. The van der Waals surface area contributed by atoms with Crippen LogP contribution in [0.3, 0.4) is 0 Å². The molecule has 0 bridgehead atoms. The Morgan fingerprint density at radius 1 is 1.03 bits per heavy atom. The fraction of sp³-hybridized carbons (Fsp3) is 0.292. The molecule has 0 saturated carbocycles. The molecular formula is C24H25NO7. The molecule has 32 heavy (non-hydrogen) atoms. The second kappa shape index (κ2) is 9.55. The van der Waals surface area contributed by atoms with E-state index in [0.29, 0.717) is 35.8 Å². The quantitative estimate of drug-likeness (QED) is 0.232. The molecule has 1 fully saturated rings. The fourth-order valence-electron chi connectivity index (χ4n) is 3.80. The van der Waals surface area contributed by atoms with Gasteiger partial charge in [0.2, 0.25) is 0 Å². The summed E-state index contributed by atoms with van der Waals surface area (Å²) in [5.74, 6) is -1.40. The lowest BCUT2D eigenvalue weighted by Gasteiger charge is -2.25. The summed E-state index contributed by atoms with van der Waals surface area (Å²) in [5, 5.41) is 11.3. The average molecular weight is 439 g/mol. The van der Waals surface area contributed by atoms with Gasteiger partial charge >= 0.3 is 5.97 Å². The maximum Gasteiger partial charge on any atom is 0.308 e. The van der Waals surface area contributed by atoms with Crippen LogP contribution >= 0.6 is 0 Å². The number of aliphatic hydroxyl groups is 1. The summed E-state index contributed by atoms with van der Waals surface area (Å²) >= 11 is 0. The number of rotatable bonds is 7. The summed E-state index contributed by atoms with van der Waals surface area (Å²) in [5.41, 5.74) is 0.712. The lowest BCUT2D eigenvalue weighted by molar-refractivity contribution is -0.139. The fourth-order valence-corrected chi connectivity index (χ4v) is 3.80. The number of carbonyl (C=O) groups is 3. The Morgan fingerprint density at radius 3 is 2.12 bits per heavy atom. The summed E-state index contributed by atoms with van der Waals surface area (Å²) in [6.45, 7) is 3.51.